The lowest BCUT2D eigenvalue weighted by Gasteiger charge is -2.12. The van der Waals surface area contributed by atoms with Crippen molar-refractivity contribution in [1.29, 1.82) is 0 Å². The van der Waals surface area contributed by atoms with Crippen LogP contribution in [0.25, 0.3) is 16.6 Å². The van der Waals surface area contributed by atoms with Crippen molar-refractivity contribution in [3.8, 4) is 23.1 Å². The number of hydrogen-bond donors (Lipinski definition) is 2. The number of nitrogens with zero attached hydrogens (tertiary/aromatic N) is 4. The smallest absolute Gasteiger partial charge is 0.324 e. The molecule has 0 aliphatic rings. The lowest BCUT2D eigenvalue weighted by atomic mass is 10.1. The minimum atomic E-state index is -0.655. The highest BCUT2D eigenvalue weighted by atomic mass is 35.5. The summed E-state index contributed by atoms with van der Waals surface area (Å²) in [6.07, 6.45) is 3.26. The van der Waals surface area contributed by atoms with Gasteiger partial charge < -0.3 is 14.8 Å². The van der Waals surface area contributed by atoms with Crippen molar-refractivity contribution in [3.63, 3.8) is 0 Å². The first-order valence-corrected chi connectivity index (χ1v) is 11.9. The second-order valence-electron chi connectivity index (χ2n) is 8.76. The highest BCUT2D eigenvalue weighted by molar-refractivity contribution is 5.99. The first kappa shape index (κ1) is 27.3. The minimum Gasteiger partial charge on any atom is -0.481 e. The number of ether oxygens (including phenoxy) is 2. The Kier molecular flexibility index (Phi) is 8.26. The zero-order valence-electron chi connectivity index (χ0n) is 21.4. The molecule has 9 nitrogen and oxygen atoms in total. The fourth-order valence-electron chi connectivity index (χ4n) is 3.80. The summed E-state index contributed by atoms with van der Waals surface area (Å²) in [5, 5.41) is 11.0. The summed E-state index contributed by atoms with van der Waals surface area (Å²) in [4.78, 5) is 21.2. The number of pyridine rings is 2. The Bertz CT molecular complexity index is 1620. The van der Waals surface area contributed by atoms with Crippen LogP contribution in [-0.4, -0.2) is 32.9 Å². The number of methoxy groups -OCH3 is 1. The molecule has 2 aromatic carbocycles. The van der Waals surface area contributed by atoms with Gasteiger partial charge in [-0.3, -0.25) is 10.3 Å². The highest BCUT2D eigenvalue weighted by Crippen LogP contribution is 2.28. The number of benzene rings is 2. The van der Waals surface area contributed by atoms with E-state index in [1.54, 1.807) is 35.1 Å². The number of hydrogen-bond acceptors (Lipinski definition) is 6. The van der Waals surface area contributed by atoms with E-state index >= 15 is 0 Å². The van der Waals surface area contributed by atoms with Gasteiger partial charge in [0.2, 0.25) is 5.88 Å². The molecule has 0 spiro atoms. The summed E-state index contributed by atoms with van der Waals surface area (Å²) >= 11 is 0. The van der Waals surface area contributed by atoms with Crippen LogP contribution in [0.1, 0.15) is 25.5 Å². The number of anilines is 2. The molecule has 5 rings (SSSR count). The van der Waals surface area contributed by atoms with Gasteiger partial charge in [0.05, 0.1) is 29.7 Å². The van der Waals surface area contributed by atoms with Crippen molar-refractivity contribution in [3.05, 3.63) is 90.6 Å². The van der Waals surface area contributed by atoms with Crippen LogP contribution in [0.5, 0.6) is 17.4 Å². The Hall–Kier alpha value is -4.70. The van der Waals surface area contributed by atoms with Gasteiger partial charge in [0.1, 0.15) is 23.1 Å². The van der Waals surface area contributed by atoms with Crippen LogP contribution in [0.3, 0.4) is 0 Å². The zero-order chi connectivity index (χ0) is 26.6. The number of urea groups is 1. The second-order valence-corrected chi connectivity index (χ2v) is 8.76. The summed E-state index contributed by atoms with van der Waals surface area (Å²) in [6, 6.07) is 18.1. The summed E-state index contributed by atoms with van der Waals surface area (Å²) < 4.78 is 27.2. The topological polar surface area (TPSA) is 103 Å². The van der Waals surface area contributed by atoms with Crippen LogP contribution in [-0.2, 0) is 0 Å². The molecule has 0 saturated heterocycles. The average molecular weight is 549 g/mol. The number of carbonyl (C=O) groups excluding carboxylic acids is 1. The van der Waals surface area contributed by atoms with E-state index in [1.165, 1.54) is 25.4 Å². The molecule has 3 aromatic heterocycles. The third-order valence-corrected chi connectivity index (χ3v) is 5.73. The van der Waals surface area contributed by atoms with E-state index in [4.69, 9.17) is 9.47 Å². The number of carbonyl (C=O) groups is 1. The molecular weight excluding hydrogens is 523 g/mol. The van der Waals surface area contributed by atoms with Crippen molar-refractivity contribution in [2.45, 2.75) is 19.8 Å². The highest BCUT2D eigenvalue weighted by Gasteiger charge is 2.16. The monoisotopic (exact) mass is 548 g/mol. The van der Waals surface area contributed by atoms with Gasteiger partial charge in [0, 0.05) is 36.0 Å². The average Bonchev–Trinajstić information content (AvgIpc) is 3.34. The van der Waals surface area contributed by atoms with E-state index in [-0.39, 0.29) is 29.8 Å². The SMILES string of the molecule is COc1cc(Oc2ccc(NC(=O)Nc3cc(C(C)C)nn3-c3ccc4ncccc4c3)c(F)c2)ccn1.Cl. The molecule has 0 fully saturated rings. The Balaban J connectivity index is 0.00000353. The van der Waals surface area contributed by atoms with Crippen molar-refractivity contribution >= 4 is 40.8 Å². The quantitative estimate of drug-likeness (QED) is 0.228. The van der Waals surface area contributed by atoms with E-state index in [2.05, 4.69) is 25.7 Å². The summed E-state index contributed by atoms with van der Waals surface area (Å²) in [5.74, 6) is 0.990. The molecule has 0 saturated carbocycles. The molecule has 0 radical (unpaired) electrons. The molecule has 39 heavy (non-hydrogen) atoms. The third-order valence-electron chi connectivity index (χ3n) is 5.73. The van der Waals surface area contributed by atoms with Gasteiger partial charge in [-0.1, -0.05) is 19.9 Å². The van der Waals surface area contributed by atoms with E-state index in [0.29, 0.717) is 17.4 Å². The molecule has 2 N–H and O–H groups in total. The van der Waals surface area contributed by atoms with Crippen LogP contribution < -0.4 is 20.1 Å². The van der Waals surface area contributed by atoms with E-state index in [0.717, 1.165) is 22.3 Å². The molecule has 5 aromatic rings. The fourth-order valence-corrected chi connectivity index (χ4v) is 3.80. The van der Waals surface area contributed by atoms with Gasteiger partial charge in [-0.05, 0) is 48.4 Å². The molecule has 0 aliphatic carbocycles. The molecule has 0 aliphatic heterocycles. The van der Waals surface area contributed by atoms with Gasteiger partial charge in [-0.25, -0.2) is 18.9 Å². The normalized spacial score (nSPS) is 10.7. The van der Waals surface area contributed by atoms with E-state index in [9.17, 15) is 9.18 Å². The maximum Gasteiger partial charge on any atom is 0.324 e. The van der Waals surface area contributed by atoms with Crippen molar-refractivity contribution in [2.75, 3.05) is 17.7 Å². The number of fused-ring (bicyclic) bond motifs is 1. The molecule has 11 heteroatoms. The predicted octanol–water partition coefficient (Wildman–Crippen LogP) is 6.94. The Labute approximate surface area is 230 Å². The summed E-state index contributed by atoms with van der Waals surface area (Å²) in [5.41, 5.74) is 2.40. The van der Waals surface area contributed by atoms with Gasteiger partial charge in [0.25, 0.3) is 0 Å². The molecule has 200 valence electrons. The van der Waals surface area contributed by atoms with Crippen molar-refractivity contribution in [2.24, 2.45) is 0 Å². The van der Waals surface area contributed by atoms with Gasteiger partial charge >= 0.3 is 6.03 Å². The lowest BCUT2D eigenvalue weighted by molar-refractivity contribution is 0.262. The number of nitrogens with one attached hydrogen (secondary N) is 2. The van der Waals surface area contributed by atoms with Crippen LogP contribution in [0, 0.1) is 5.82 Å². The largest absolute Gasteiger partial charge is 0.481 e. The maximum atomic E-state index is 14.8. The standard InChI is InChI=1S/C28H25FN6O3.ClH/c1-17(2)25-16-26(35(34-25)19-6-8-23-18(13-19)5-4-11-30-23)33-28(36)32-24-9-7-20(14-22(24)29)38-21-10-12-31-27(15-21)37-3;/h4-17H,1-3H3,(H2,32,33,36);1H. The zero-order valence-corrected chi connectivity index (χ0v) is 22.2. The fraction of sp³-hybridized carbons (Fsp3) is 0.143. The maximum absolute atomic E-state index is 14.8. The van der Waals surface area contributed by atoms with E-state index in [1.807, 2.05) is 44.2 Å². The third kappa shape index (κ3) is 6.24. The molecule has 0 unspecified atom stereocenters. The number of halogens is 2. The second kappa shape index (κ2) is 11.8. The van der Waals surface area contributed by atoms with Crippen LogP contribution in [0.15, 0.2) is 79.1 Å². The molecule has 0 bridgehead atoms. The van der Waals surface area contributed by atoms with Crippen LogP contribution >= 0.6 is 12.4 Å². The van der Waals surface area contributed by atoms with Crippen LogP contribution in [0.4, 0.5) is 20.7 Å². The first-order valence-electron chi connectivity index (χ1n) is 11.9. The van der Waals surface area contributed by atoms with Crippen molar-refractivity contribution < 1.29 is 18.7 Å². The van der Waals surface area contributed by atoms with Crippen LogP contribution in [0.2, 0.25) is 0 Å². The predicted molar refractivity (Wildman–Crippen MR) is 150 cm³/mol. The Morgan fingerprint density at radius 1 is 0.949 bits per heavy atom. The van der Waals surface area contributed by atoms with E-state index < -0.39 is 11.8 Å². The van der Waals surface area contributed by atoms with Gasteiger partial charge in [-0.2, -0.15) is 5.10 Å². The Morgan fingerprint density at radius 2 is 1.77 bits per heavy atom. The molecular formula is C28H26ClFN6O3. The minimum absolute atomic E-state index is 0. The van der Waals surface area contributed by atoms with Gasteiger partial charge in [-0.15, -0.1) is 12.4 Å². The summed E-state index contributed by atoms with van der Waals surface area (Å²) in [7, 11) is 1.49. The number of amides is 2. The van der Waals surface area contributed by atoms with Crippen molar-refractivity contribution in [1.82, 2.24) is 19.7 Å². The first-order chi connectivity index (χ1) is 18.4. The molecule has 3 heterocycles. The molecule has 2 amide bonds. The number of rotatable bonds is 7. The van der Waals surface area contributed by atoms with Gasteiger partial charge in [0.15, 0.2) is 0 Å². The Morgan fingerprint density at radius 3 is 2.54 bits per heavy atom. The summed E-state index contributed by atoms with van der Waals surface area (Å²) in [6.45, 7) is 4.03. The molecule has 0 atom stereocenters. The number of aromatic nitrogens is 4. The lowest BCUT2D eigenvalue weighted by Crippen LogP contribution is -2.22.